The minimum Gasteiger partial charge on any atom is -0.466 e. The molecule has 2 rings (SSSR count). The molecule has 2 aromatic carbocycles. The molecule has 0 aliphatic heterocycles. The number of carbonyl (C=O) groups excluding carboxylic acids is 1. The first-order valence-electron chi connectivity index (χ1n) is 7.61. The Hall–Kier alpha value is -1.69. The van der Waals surface area contributed by atoms with Gasteiger partial charge < -0.3 is 9.84 Å². The van der Waals surface area contributed by atoms with Crippen LogP contribution >= 0.6 is 11.6 Å². The largest absolute Gasteiger partial charge is 0.466 e. The van der Waals surface area contributed by atoms with Crippen LogP contribution in [0.5, 0.6) is 0 Å². The number of rotatable bonds is 7. The number of carbonyl (C=O) groups is 1. The molecule has 0 saturated heterocycles. The highest BCUT2D eigenvalue weighted by molar-refractivity contribution is 7.86. The molecule has 0 amide bonds. The molecule has 2 aromatic rings. The summed E-state index contributed by atoms with van der Waals surface area (Å²) in [6.07, 6.45) is -1.11. The van der Waals surface area contributed by atoms with Gasteiger partial charge in [-0.05, 0) is 30.7 Å². The minimum atomic E-state index is -1.11. The molecule has 0 saturated carbocycles. The molecule has 0 spiro atoms. The summed E-state index contributed by atoms with van der Waals surface area (Å²) in [5, 5.41) is 11.1. The summed E-state index contributed by atoms with van der Waals surface area (Å²) in [7, 11) is -0.943. The lowest BCUT2D eigenvalue weighted by atomic mass is 9.97. The van der Waals surface area contributed by atoms with Gasteiger partial charge in [-0.3, -0.25) is 9.57 Å². The van der Waals surface area contributed by atoms with Crippen molar-refractivity contribution in [1.82, 2.24) is 0 Å². The fraction of sp³-hybridized carbons (Fsp3) is 0.278. The van der Waals surface area contributed by atoms with Crippen LogP contribution in [0.2, 0.25) is 5.02 Å². The monoisotopic (exact) mass is 365 g/mol. The first kappa shape index (κ1) is 18.6. The Labute approximate surface area is 149 Å². The normalized spacial score (nSPS) is 14.6. The number of aliphatic hydroxyl groups excluding tert-OH is 1. The van der Waals surface area contributed by atoms with E-state index in [0.29, 0.717) is 10.6 Å². The maximum absolute atomic E-state index is 12.3. The molecule has 0 fully saturated rings. The summed E-state index contributed by atoms with van der Waals surface area (Å²) in [5.41, 5.74) is 0.474. The highest BCUT2D eigenvalue weighted by Crippen LogP contribution is 2.30. The van der Waals surface area contributed by atoms with Gasteiger partial charge >= 0.3 is 5.97 Å². The van der Waals surface area contributed by atoms with Gasteiger partial charge in [0.15, 0.2) is 0 Å². The van der Waals surface area contributed by atoms with Gasteiger partial charge in [-0.1, -0.05) is 58.7 Å². The number of aliphatic hydroxyl groups is 1. The first-order chi connectivity index (χ1) is 11.5. The van der Waals surface area contributed by atoms with Crippen molar-refractivity contribution in [3.05, 3.63) is 65.2 Å². The van der Waals surface area contributed by atoms with Crippen molar-refractivity contribution in [2.24, 2.45) is 5.92 Å². The van der Waals surface area contributed by atoms with E-state index in [1.165, 1.54) is 0 Å². The average Bonchev–Trinajstić information content (AvgIpc) is 2.60. The molecule has 128 valence electrons. The van der Waals surface area contributed by atoms with Crippen LogP contribution in [0.4, 0.5) is 0 Å². The van der Waals surface area contributed by atoms with Crippen LogP contribution in [0.25, 0.3) is 0 Å². The number of esters is 1. The van der Waals surface area contributed by atoms with Crippen molar-refractivity contribution in [1.29, 1.82) is 4.78 Å². The van der Waals surface area contributed by atoms with Crippen LogP contribution < -0.4 is 0 Å². The first-order valence-corrected chi connectivity index (χ1v) is 9.38. The molecule has 6 heteroatoms. The molecule has 0 bridgehead atoms. The number of halogens is 1. The van der Waals surface area contributed by atoms with Crippen molar-refractivity contribution in [2.75, 3.05) is 12.4 Å². The Bertz CT molecular complexity index is 708. The molecule has 0 aliphatic carbocycles. The van der Waals surface area contributed by atoms with E-state index in [2.05, 4.69) is 0 Å². The smallest absolute Gasteiger partial charge is 0.312 e. The molecule has 2 N–H and O–H groups in total. The molecule has 0 aliphatic rings. The summed E-state index contributed by atoms with van der Waals surface area (Å²) < 4.78 is 13.5. The second-order valence-electron chi connectivity index (χ2n) is 5.20. The van der Waals surface area contributed by atoms with Gasteiger partial charge in [0.2, 0.25) is 0 Å². The maximum atomic E-state index is 12.3. The zero-order valence-corrected chi connectivity index (χ0v) is 14.9. The third kappa shape index (κ3) is 4.66. The van der Waals surface area contributed by atoms with Gasteiger partial charge in [-0.15, -0.1) is 0 Å². The summed E-state index contributed by atoms with van der Waals surface area (Å²) in [6, 6.07) is 16.1. The Morgan fingerprint density at radius 2 is 1.83 bits per heavy atom. The van der Waals surface area contributed by atoms with Crippen LogP contribution in [0.1, 0.15) is 18.6 Å². The van der Waals surface area contributed by atoms with Crippen LogP contribution in [0, 0.1) is 10.7 Å². The van der Waals surface area contributed by atoms with Crippen LogP contribution in [0.15, 0.2) is 59.5 Å². The molecule has 1 unspecified atom stereocenters. The van der Waals surface area contributed by atoms with Gasteiger partial charge in [0, 0.05) is 15.7 Å². The lowest BCUT2D eigenvalue weighted by Gasteiger charge is -2.23. The standard InChI is InChI=1S/C18H20ClNO3S/c1-2-23-18(22)15(12-24(20)13-8-4-3-5-9-13)17(21)14-10-6-7-11-16(14)19/h3-11,15,17,20-21H,2,12H2,1H3/t15-,17+,24?/m1/s1. The molecule has 0 heterocycles. The Balaban J connectivity index is 2.26. The van der Waals surface area contributed by atoms with E-state index >= 15 is 0 Å². The van der Waals surface area contributed by atoms with E-state index in [-0.39, 0.29) is 12.4 Å². The van der Waals surface area contributed by atoms with E-state index in [1.54, 1.807) is 31.2 Å². The predicted octanol–water partition coefficient (Wildman–Crippen LogP) is 3.99. The second kappa shape index (κ2) is 8.97. The average molecular weight is 366 g/mol. The fourth-order valence-corrected chi connectivity index (χ4v) is 3.93. The predicted molar refractivity (Wildman–Crippen MR) is 96.2 cm³/mol. The van der Waals surface area contributed by atoms with Gasteiger partial charge in [0.1, 0.15) is 0 Å². The zero-order valence-electron chi connectivity index (χ0n) is 13.3. The Kier molecular flexibility index (Phi) is 6.97. The van der Waals surface area contributed by atoms with Crippen LogP contribution in [-0.4, -0.2) is 23.4 Å². The van der Waals surface area contributed by atoms with Gasteiger partial charge in [-0.2, -0.15) is 0 Å². The van der Waals surface area contributed by atoms with E-state index in [4.69, 9.17) is 21.1 Å². The minimum absolute atomic E-state index is 0.176. The van der Waals surface area contributed by atoms with Crippen molar-refractivity contribution < 1.29 is 14.6 Å². The van der Waals surface area contributed by atoms with Crippen molar-refractivity contribution in [2.45, 2.75) is 17.9 Å². The van der Waals surface area contributed by atoms with Crippen LogP contribution in [-0.2, 0) is 20.2 Å². The third-order valence-corrected chi connectivity index (χ3v) is 5.45. The molecule has 4 nitrogen and oxygen atoms in total. The number of ether oxygens (including phenoxy) is 1. The third-order valence-electron chi connectivity index (χ3n) is 3.57. The van der Waals surface area contributed by atoms with E-state index in [0.717, 1.165) is 4.90 Å². The molecule has 3 atom stereocenters. The quantitative estimate of drug-likeness (QED) is 0.729. The van der Waals surface area contributed by atoms with Gasteiger partial charge in [-0.25, -0.2) is 0 Å². The van der Waals surface area contributed by atoms with Crippen LogP contribution in [0.3, 0.4) is 0 Å². The number of benzene rings is 2. The molecular formula is C18H20ClNO3S. The number of nitrogens with one attached hydrogen (secondary N) is 1. The number of hydrogen-bond acceptors (Lipinski definition) is 4. The number of hydrogen-bond donors (Lipinski definition) is 2. The lowest BCUT2D eigenvalue weighted by molar-refractivity contribution is -0.151. The van der Waals surface area contributed by atoms with Crippen molar-refractivity contribution >= 4 is 28.3 Å². The van der Waals surface area contributed by atoms with E-state index in [9.17, 15) is 9.90 Å². The van der Waals surface area contributed by atoms with E-state index < -0.39 is 28.7 Å². The molecular weight excluding hydrogens is 346 g/mol. The molecule has 24 heavy (non-hydrogen) atoms. The van der Waals surface area contributed by atoms with Gasteiger partial charge in [0.25, 0.3) is 0 Å². The van der Waals surface area contributed by atoms with E-state index in [1.807, 2.05) is 30.3 Å². The summed E-state index contributed by atoms with van der Waals surface area (Å²) in [5.74, 6) is -1.17. The highest BCUT2D eigenvalue weighted by atomic mass is 35.5. The van der Waals surface area contributed by atoms with Gasteiger partial charge in [0.05, 0.1) is 18.6 Å². The Morgan fingerprint density at radius 1 is 1.21 bits per heavy atom. The van der Waals surface area contributed by atoms with Crippen molar-refractivity contribution in [3.63, 3.8) is 0 Å². The van der Waals surface area contributed by atoms with Crippen molar-refractivity contribution in [3.8, 4) is 0 Å². The highest BCUT2D eigenvalue weighted by Gasteiger charge is 2.31. The SMILES string of the molecule is CCOC(=O)[C@H](CS(=N)c1ccccc1)[C@@H](O)c1ccccc1Cl. The maximum Gasteiger partial charge on any atom is 0.312 e. The Morgan fingerprint density at radius 3 is 2.46 bits per heavy atom. The zero-order chi connectivity index (χ0) is 17.5. The molecule has 0 aromatic heterocycles. The summed E-state index contributed by atoms with van der Waals surface area (Å²) in [6.45, 7) is 1.94. The summed E-state index contributed by atoms with van der Waals surface area (Å²) >= 11 is 6.14. The second-order valence-corrected chi connectivity index (χ2v) is 7.19. The summed E-state index contributed by atoms with van der Waals surface area (Å²) in [4.78, 5) is 13.1. The fourth-order valence-electron chi connectivity index (χ4n) is 2.33. The lowest BCUT2D eigenvalue weighted by Crippen LogP contribution is -2.29. The molecule has 0 radical (unpaired) electrons. The topological polar surface area (TPSA) is 70.4 Å².